The van der Waals surface area contributed by atoms with E-state index in [1.165, 1.54) is 0 Å². The predicted molar refractivity (Wildman–Crippen MR) is 95.0 cm³/mol. The van der Waals surface area contributed by atoms with E-state index in [0.717, 1.165) is 24.3 Å². The maximum Gasteiger partial charge on any atom is 0.289 e. The Hall–Kier alpha value is -3.10. The van der Waals surface area contributed by atoms with Crippen LogP contribution < -0.4 is 10.2 Å². The minimum atomic E-state index is -0.249. The van der Waals surface area contributed by atoms with Gasteiger partial charge in [-0.2, -0.15) is 0 Å². The molecule has 0 bridgehead atoms. The molecule has 1 aliphatic rings. The molecule has 9 nitrogen and oxygen atoms in total. The van der Waals surface area contributed by atoms with Crippen molar-refractivity contribution in [1.82, 2.24) is 34.9 Å². The number of hydrogen-bond donors (Lipinski definition) is 1. The topological polar surface area (TPSA) is 101 Å². The van der Waals surface area contributed by atoms with Crippen molar-refractivity contribution < 1.29 is 4.79 Å². The highest BCUT2D eigenvalue weighted by atomic mass is 16.2. The second-order valence-corrected chi connectivity index (χ2v) is 6.71. The lowest BCUT2D eigenvalue weighted by Crippen LogP contribution is -2.38. The summed E-state index contributed by atoms with van der Waals surface area (Å²) in [6, 6.07) is 0.0147. The van der Waals surface area contributed by atoms with Gasteiger partial charge in [-0.1, -0.05) is 13.8 Å². The molecule has 0 radical (unpaired) electrons. The van der Waals surface area contributed by atoms with Gasteiger partial charge in [-0.05, 0) is 17.9 Å². The smallest absolute Gasteiger partial charge is 0.289 e. The number of fused-ring (bicyclic) bond motifs is 1. The molecule has 3 aromatic heterocycles. The summed E-state index contributed by atoms with van der Waals surface area (Å²) in [5, 5.41) is 11.0. The molecule has 0 aromatic carbocycles. The number of anilines is 1. The molecule has 134 valence electrons. The summed E-state index contributed by atoms with van der Waals surface area (Å²) >= 11 is 0. The zero-order chi connectivity index (χ0) is 18.1. The molecular formula is C17H20N8O. The summed E-state index contributed by atoms with van der Waals surface area (Å²) in [6.07, 6.45) is 9.43. The molecule has 26 heavy (non-hydrogen) atoms. The van der Waals surface area contributed by atoms with E-state index in [4.69, 9.17) is 0 Å². The summed E-state index contributed by atoms with van der Waals surface area (Å²) in [7, 11) is 0. The number of nitrogens with zero attached hydrogens (tertiary/aromatic N) is 7. The fourth-order valence-corrected chi connectivity index (χ4v) is 3.04. The standard InChI is InChI=1S/C17H20N8O/c1-11(2)12-7-19-14(20-8-12)17(26)22-13-3-5-24(9-13)15-16-23-21-10-25(16)6-4-18-15/h4,6-8,10-11,13H,3,5,9H2,1-2H3,(H,22,26). The Balaban J connectivity index is 1.42. The van der Waals surface area contributed by atoms with Crippen LogP contribution in [0.15, 0.2) is 31.1 Å². The Bertz CT molecular complexity index is 920. The maximum atomic E-state index is 12.4. The molecule has 9 heteroatoms. The van der Waals surface area contributed by atoms with Gasteiger partial charge in [0, 0.05) is 43.9 Å². The normalized spacial score (nSPS) is 17.2. The average Bonchev–Trinajstić information content (AvgIpc) is 3.30. The van der Waals surface area contributed by atoms with Crippen molar-refractivity contribution in [3.05, 3.63) is 42.5 Å². The van der Waals surface area contributed by atoms with Gasteiger partial charge in [0.2, 0.25) is 11.5 Å². The summed E-state index contributed by atoms with van der Waals surface area (Å²) < 4.78 is 1.83. The van der Waals surface area contributed by atoms with Crippen LogP contribution in [0.2, 0.25) is 0 Å². The minimum absolute atomic E-state index is 0.0147. The van der Waals surface area contributed by atoms with E-state index in [-0.39, 0.29) is 17.8 Å². The Morgan fingerprint density at radius 1 is 1.27 bits per heavy atom. The molecular weight excluding hydrogens is 332 g/mol. The Morgan fingerprint density at radius 2 is 2.08 bits per heavy atom. The molecule has 4 heterocycles. The zero-order valence-electron chi connectivity index (χ0n) is 14.7. The summed E-state index contributed by atoms with van der Waals surface area (Å²) in [5.74, 6) is 1.06. The van der Waals surface area contributed by atoms with E-state index >= 15 is 0 Å². The van der Waals surface area contributed by atoms with Crippen LogP contribution in [0.3, 0.4) is 0 Å². The van der Waals surface area contributed by atoms with Crippen molar-refractivity contribution in [3.63, 3.8) is 0 Å². The largest absolute Gasteiger partial charge is 0.351 e. The first kappa shape index (κ1) is 16.4. The van der Waals surface area contributed by atoms with E-state index in [0.29, 0.717) is 18.1 Å². The molecule has 1 fully saturated rings. The van der Waals surface area contributed by atoms with Crippen molar-refractivity contribution in [2.24, 2.45) is 0 Å². The number of amides is 1. The van der Waals surface area contributed by atoms with Crippen molar-refractivity contribution >= 4 is 17.4 Å². The van der Waals surface area contributed by atoms with Gasteiger partial charge in [0.15, 0.2) is 5.82 Å². The van der Waals surface area contributed by atoms with E-state index in [1.54, 1.807) is 24.9 Å². The number of carbonyl (C=O) groups is 1. The Morgan fingerprint density at radius 3 is 2.85 bits per heavy atom. The van der Waals surface area contributed by atoms with E-state index in [2.05, 4.69) is 49.2 Å². The van der Waals surface area contributed by atoms with Gasteiger partial charge in [-0.25, -0.2) is 15.0 Å². The fraction of sp³-hybridized carbons (Fsp3) is 0.412. The van der Waals surface area contributed by atoms with Gasteiger partial charge < -0.3 is 10.2 Å². The third kappa shape index (κ3) is 3.07. The van der Waals surface area contributed by atoms with Crippen molar-refractivity contribution in [2.45, 2.75) is 32.2 Å². The first-order chi connectivity index (χ1) is 12.6. The second-order valence-electron chi connectivity index (χ2n) is 6.71. The molecule has 1 aliphatic heterocycles. The number of carbonyl (C=O) groups excluding carboxylic acids is 1. The molecule has 1 saturated heterocycles. The predicted octanol–water partition coefficient (Wildman–Crippen LogP) is 1.05. The highest BCUT2D eigenvalue weighted by molar-refractivity contribution is 5.90. The first-order valence-corrected chi connectivity index (χ1v) is 8.64. The number of hydrogen-bond acceptors (Lipinski definition) is 7. The van der Waals surface area contributed by atoms with Crippen LogP contribution in [0.4, 0.5) is 5.82 Å². The molecule has 3 aromatic rings. The molecule has 1 unspecified atom stereocenters. The van der Waals surface area contributed by atoms with Gasteiger partial charge in [-0.15, -0.1) is 10.2 Å². The lowest BCUT2D eigenvalue weighted by Gasteiger charge is -2.18. The minimum Gasteiger partial charge on any atom is -0.351 e. The highest BCUT2D eigenvalue weighted by Gasteiger charge is 2.27. The third-order valence-corrected chi connectivity index (χ3v) is 4.56. The summed E-state index contributed by atoms with van der Waals surface area (Å²) in [4.78, 5) is 27.3. The molecule has 1 atom stereocenters. The quantitative estimate of drug-likeness (QED) is 0.749. The summed E-state index contributed by atoms with van der Waals surface area (Å²) in [6.45, 7) is 5.58. The van der Waals surface area contributed by atoms with Gasteiger partial charge in [0.1, 0.15) is 6.33 Å². The maximum absolute atomic E-state index is 12.4. The lowest BCUT2D eigenvalue weighted by atomic mass is 10.1. The van der Waals surface area contributed by atoms with Crippen LogP contribution in [0.5, 0.6) is 0 Å². The average molecular weight is 352 g/mol. The van der Waals surface area contributed by atoms with Crippen LogP contribution in [-0.4, -0.2) is 54.6 Å². The fourth-order valence-electron chi connectivity index (χ4n) is 3.04. The molecule has 4 rings (SSSR count). The first-order valence-electron chi connectivity index (χ1n) is 8.64. The zero-order valence-corrected chi connectivity index (χ0v) is 14.7. The monoisotopic (exact) mass is 352 g/mol. The highest BCUT2D eigenvalue weighted by Crippen LogP contribution is 2.21. The van der Waals surface area contributed by atoms with Crippen molar-refractivity contribution in [1.29, 1.82) is 0 Å². The lowest BCUT2D eigenvalue weighted by molar-refractivity contribution is 0.0929. The van der Waals surface area contributed by atoms with Gasteiger partial charge in [0.05, 0.1) is 0 Å². The van der Waals surface area contributed by atoms with E-state index in [9.17, 15) is 4.79 Å². The van der Waals surface area contributed by atoms with Crippen molar-refractivity contribution in [2.75, 3.05) is 18.0 Å². The molecule has 0 spiro atoms. The molecule has 0 aliphatic carbocycles. The van der Waals surface area contributed by atoms with Crippen LogP contribution in [0.25, 0.3) is 5.65 Å². The van der Waals surface area contributed by atoms with Crippen LogP contribution in [0, 0.1) is 0 Å². The molecule has 1 N–H and O–H groups in total. The van der Waals surface area contributed by atoms with E-state index < -0.39 is 0 Å². The van der Waals surface area contributed by atoms with Gasteiger partial charge in [-0.3, -0.25) is 9.20 Å². The number of nitrogens with one attached hydrogen (secondary N) is 1. The number of rotatable bonds is 4. The van der Waals surface area contributed by atoms with Crippen LogP contribution in [0.1, 0.15) is 42.4 Å². The SMILES string of the molecule is CC(C)c1cnc(C(=O)NC2CCN(c3nccn4cnnc34)C2)nc1. The third-order valence-electron chi connectivity index (χ3n) is 4.56. The number of aromatic nitrogens is 6. The molecule has 1 amide bonds. The molecule has 0 saturated carbocycles. The van der Waals surface area contributed by atoms with Crippen LogP contribution in [-0.2, 0) is 0 Å². The van der Waals surface area contributed by atoms with Gasteiger partial charge >= 0.3 is 0 Å². The Labute approximate surface area is 150 Å². The summed E-state index contributed by atoms with van der Waals surface area (Å²) in [5.41, 5.74) is 1.73. The van der Waals surface area contributed by atoms with E-state index in [1.807, 2.05) is 10.6 Å². The van der Waals surface area contributed by atoms with Crippen LogP contribution >= 0.6 is 0 Å². The second kappa shape index (κ2) is 6.66. The Kier molecular flexibility index (Phi) is 4.19. The van der Waals surface area contributed by atoms with Crippen molar-refractivity contribution in [3.8, 4) is 0 Å². The van der Waals surface area contributed by atoms with Gasteiger partial charge in [0.25, 0.3) is 5.91 Å².